The van der Waals surface area contributed by atoms with E-state index in [4.69, 9.17) is 0 Å². The van der Waals surface area contributed by atoms with Gasteiger partial charge in [-0.1, -0.05) is 29.8 Å². The summed E-state index contributed by atoms with van der Waals surface area (Å²) in [5, 5.41) is 5.58. The predicted molar refractivity (Wildman–Crippen MR) is 95.0 cm³/mol. The van der Waals surface area contributed by atoms with Crippen molar-refractivity contribution in [1.29, 1.82) is 0 Å². The van der Waals surface area contributed by atoms with Gasteiger partial charge in [-0.25, -0.2) is 0 Å². The molecule has 0 unspecified atom stereocenters. The number of nitrogens with one attached hydrogen (secondary N) is 2. The molecule has 0 aliphatic rings. The Labute approximate surface area is 143 Å². The molecule has 0 heterocycles. The first-order chi connectivity index (χ1) is 10.6. The molecule has 0 aliphatic carbocycles. The van der Waals surface area contributed by atoms with Crippen molar-refractivity contribution in [3.05, 3.63) is 68.8 Å². The van der Waals surface area contributed by atoms with Gasteiger partial charge in [0.15, 0.2) is 0 Å². The van der Waals surface area contributed by atoms with Crippen molar-refractivity contribution in [1.82, 2.24) is 10.6 Å². The summed E-state index contributed by atoms with van der Waals surface area (Å²) in [5.41, 5.74) is 2.38. The molecule has 0 saturated carbocycles. The van der Waals surface area contributed by atoms with Crippen molar-refractivity contribution in [3.63, 3.8) is 0 Å². The summed E-state index contributed by atoms with van der Waals surface area (Å²) in [6.45, 7) is 2.76. The number of hydrogen-bond acceptors (Lipinski definition) is 2. The highest BCUT2D eigenvalue weighted by Gasteiger charge is 2.08. The highest BCUT2D eigenvalue weighted by molar-refractivity contribution is 14.1. The van der Waals surface area contributed by atoms with Crippen LogP contribution in [0.15, 0.2) is 48.5 Å². The van der Waals surface area contributed by atoms with Crippen molar-refractivity contribution in [2.75, 3.05) is 13.1 Å². The van der Waals surface area contributed by atoms with E-state index in [0.29, 0.717) is 24.2 Å². The van der Waals surface area contributed by atoms with Gasteiger partial charge in [0.2, 0.25) is 0 Å². The number of carbonyl (C=O) groups is 2. The van der Waals surface area contributed by atoms with E-state index in [0.717, 1.165) is 9.13 Å². The molecule has 0 fully saturated rings. The zero-order chi connectivity index (χ0) is 15.9. The normalized spacial score (nSPS) is 10.1. The van der Waals surface area contributed by atoms with E-state index >= 15 is 0 Å². The van der Waals surface area contributed by atoms with Crippen LogP contribution in [-0.4, -0.2) is 24.9 Å². The van der Waals surface area contributed by atoms with Crippen LogP contribution >= 0.6 is 22.6 Å². The summed E-state index contributed by atoms with van der Waals surface area (Å²) < 4.78 is 0.904. The molecule has 0 radical (unpaired) electrons. The minimum absolute atomic E-state index is 0.130. The maximum absolute atomic E-state index is 12.0. The summed E-state index contributed by atoms with van der Waals surface area (Å²) in [6, 6.07) is 14.8. The lowest BCUT2D eigenvalue weighted by atomic mass is 10.1. The second-order valence-electron chi connectivity index (χ2n) is 4.86. The van der Waals surface area contributed by atoms with Gasteiger partial charge in [0.1, 0.15) is 0 Å². The number of amides is 2. The summed E-state index contributed by atoms with van der Waals surface area (Å²) >= 11 is 2.13. The molecular weight excluding hydrogens is 391 g/mol. The largest absolute Gasteiger partial charge is 0.350 e. The Morgan fingerprint density at radius 2 is 1.50 bits per heavy atom. The van der Waals surface area contributed by atoms with E-state index in [1.165, 1.54) is 0 Å². The molecule has 0 aliphatic heterocycles. The lowest BCUT2D eigenvalue weighted by Gasteiger charge is -2.08. The van der Waals surface area contributed by atoms with Crippen LogP contribution in [0.4, 0.5) is 0 Å². The molecule has 22 heavy (non-hydrogen) atoms. The van der Waals surface area contributed by atoms with Crippen LogP contribution in [0.5, 0.6) is 0 Å². The fourth-order valence-corrected chi connectivity index (χ4v) is 2.53. The Bertz CT molecular complexity index is 669. The van der Waals surface area contributed by atoms with Crippen molar-refractivity contribution >= 4 is 34.4 Å². The Hall–Kier alpha value is -1.89. The van der Waals surface area contributed by atoms with Crippen LogP contribution in [-0.2, 0) is 0 Å². The van der Waals surface area contributed by atoms with Crippen LogP contribution in [0.25, 0.3) is 0 Å². The smallest absolute Gasteiger partial charge is 0.252 e. The molecule has 0 atom stereocenters. The van der Waals surface area contributed by atoms with Crippen LogP contribution in [0, 0.1) is 10.5 Å². The summed E-state index contributed by atoms with van der Waals surface area (Å²) in [6.07, 6.45) is 0. The molecule has 0 spiro atoms. The second kappa shape index (κ2) is 7.93. The van der Waals surface area contributed by atoms with Gasteiger partial charge in [0, 0.05) is 22.2 Å². The number of aryl methyl sites for hydroxylation is 1. The summed E-state index contributed by atoms with van der Waals surface area (Å²) in [4.78, 5) is 23.9. The van der Waals surface area contributed by atoms with Crippen LogP contribution < -0.4 is 10.6 Å². The average Bonchev–Trinajstić information content (AvgIpc) is 2.52. The molecule has 2 aromatic rings. The van der Waals surface area contributed by atoms with Gasteiger partial charge >= 0.3 is 0 Å². The van der Waals surface area contributed by atoms with Gasteiger partial charge in [-0.05, 0) is 53.8 Å². The Kier molecular flexibility index (Phi) is 5.94. The van der Waals surface area contributed by atoms with Crippen LogP contribution in [0.1, 0.15) is 26.3 Å². The zero-order valence-corrected chi connectivity index (χ0v) is 14.4. The monoisotopic (exact) mass is 408 g/mol. The van der Waals surface area contributed by atoms with Gasteiger partial charge in [-0.15, -0.1) is 0 Å². The standard InChI is InChI=1S/C17H17IN2O2/c1-12-6-8-13(9-7-12)16(21)19-10-11-20-17(22)14-4-2-3-5-15(14)18/h2-9H,10-11H2,1H3,(H,19,21)(H,20,22). The number of rotatable bonds is 5. The molecule has 5 heteroatoms. The number of hydrogen-bond donors (Lipinski definition) is 2. The van der Waals surface area contributed by atoms with E-state index in [1.54, 1.807) is 18.2 Å². The number of halogens is 1. The van der Waals surface area contributed by atoms with E-state index in [9.17, 15) is 9.59 Å². The molecule has 0 bridgehead atoms. The molecule has 2 aromatic carbocycles. The molecule has 114 valence electrons. The minimum Gasteiger partial charge on any atom is -0.350 e. The van der Waals surface area contributed by atoms with Gasteiger partial charge in [0.05, 0.1) is 5.56 Å². The van der Waals surface area contributed by atoms with E-state index < -0.39 is 0 Å². The quantitative estimate of drug-likeness (QED) is 0.591. The average molecular weight is 408 g/mol. The van der Waals surface area contributed by atoms with E-state index in [2.05, 4.69) is 33.2 Å². The first-order valence-electron chi connectivity index (χ1n) is 6.95. The third-order valence-corrected chi connectivity index (χ3v) is 4.07. The topological polar surface area (TPSA) is 58.2 Å². The zero-order valence-electron chi connectivity index (χ0n) is 12.2. The van der Waals surface area contributed by atoms with E-state index in [1.807, 2.05) is 37.3 Å². The summed E-state index contributed by atoms with van der Waals surface area (Å²) in [5.74, 6) is -0.266. The van der Waals surface area contributed by atoms with Crippen LogP contribution in [0.2, 0.25) is 0 Å². The molecule has 0 aromatic heterocycles. The second-order valence-corrected chi connectivity index (χ2v) is 6.02. The van der Waals surface area contributed by atoms with Crippen molar-refractivity contribution < 1.29 is 9.59 Å². The maximum Gasteiger partial charge on any atom is 0.252 e. The highest BCUT2D eigenvalue weighted by Crippen LogP contribution is 2.10. The first-order valence-corrected chi connectivity index (χ1v) is 8.03. The van der Waals surface area contributed by atoms with Crippen molar-refractivity contribution in [2.45, 2.75) is 6.92 Å². The lowest BCUT2D eigenvalue weighted by molar-refractivity contribution is 0.0927. The lowest BCUT2D eigenvalue weighted by Crippen LogP contribution is -2.34. The maximum atomic E-state index is 12.0. The van der Waals surface area contributed by atoms with E-state index in [-0.39, 0.29) is 11.8 Å². The van der Waals surface area contributed by atoms with Crippen LogP contribution in [0.3, 0.4) is 0 Å². The van der Waals surface area contributed by atoms with Gasteiger partial charge < -0.3 is 10.6 Å². The van der Waals surface area contributed by atoms with Gasteiger partial charge in [-0.3, -0.25) is 9.59 Å². The Balaban J connectivity index is 1.77. The highest BCUT2D eigenvalue weighted by atomic mass is 127. The third kappa shape index (κ3) is 4.56. The number of carbonyl (C=O) groups excluding carboxylic acids is 2. The molecule has 2 amide bonds. The molecular formula is C17H17IN2O2. The van der Waals surface area contributed by atoms with Crippen molar-refractivity contribution in [2.24, 2.45) is 0 Å². The Morgan fingerprint density at radius 3 is 2.14 bits per heavy atom. The fraction of sp³-hybridized carbons (Fsp3) is 0.176. The first kappa shape index (κ1) is 16.5. The van der Waals surface area contributed by atoms with Gasteiger partial charge in [-0.2, -0.15) is 0 Å². The minimum atomic E-state index is -0.136. The molecule has 2 N–H and O–H groups in total. The predicted octanol–water partition coefficient (Wildman–Crippen LogP) is 2.76. The molecule has 2 rings (SSSR count). The fourth-order valence-electron chi connectivity index (χ4n) is 1.90. The Morgan fingerprint density at radius 1 is 0.909 bits per heavy atom. The van der Waals surface area contributed by atoms with Gasteiger partial charge in [0.25, 0.3) is 11.8 Å². The third-order valence-electron chi connectivity index (χ3n) is 3.13. The SMILES string of the molecule is Cc1ccc(C(=O)NCCNC(=O)c2ccccc2I)cc1. The molecule has 0 saturated heterocycles. The van der Waals surface area contributed by atoms with Crippen molar-refractivity contribution in [3.8, 4) is 0 Å². The number of benzene rings is 2. The molecule has 4 nitrogen and oxygen atoms in total. The summed E-state index contributed by atoms with van der Waals surface area (Å²) in [7, 11) is 0.